The van der Waals surface area contributed by atoms with Crippen molar-refractivity contribution in [1.82, 2.24) is 0 Å². The molecule has 0 radical (unpaired) electrons. The highest BCUT2D eigenvalue weighted by Gasteiger charge is 2.54. The first-order chi connectivity index (χ1) is 19.3. The molecule has 218 valence electrons. The summed E-state index contributed by atoms with van der Waals surface area (Å²) in [6.45, 7) is 10.00. The zero-order valence-electron chi connectivity index (χ0n) is 24.2. The van der Waals surface area contributed by atoms with Gasteiger partial charge in [-0.15, -0.1) is 0 Å². The zero-order valence-corrected chi connectivity index (χ0v) is 26.0. The summed E-state index contributed by atoms with van der Waals surface area (Å²) in [6.07, 6.45) is -1.71. The Bertz CT molecular complexity index is 1460. The maximum absolute atomic E-state index is 13.4. The molecule has 0 amide bonds. The monoisotopic (exact) mass is 593 g/mol. The van der Waals surface area contributed by atoms with Gasteiger partial charge in [0.15, 0.2) is 0 Å². The van der Waals surface area contributed by atoms with Crippen LogP contribution in [0, 0.1) is 6.92 Å². The van der Waals surface area contributed by atoms with Gasteiger partial charge in [0.25, 0.3) is 18.4 Å². The van der Waals surface area contributed by atoms with Crippen molar-refractivity contribution in [2.24, 2.45) is 5.73 Å². The van der Waals surface area contributed by atoms with Gasteiger partial charge in [-0.25, -0.2) is 4.79 Å². The number of carboxylic acids is 1. The number of benzene rings is 3. The molecular weight excluding hydrogens is 555 g/mol. The molecule has 0 saturated heterocycles. The molecule has 0 fully saturated rings. The summed E-state index contributed by atoms with van der Waals surface area (Å²) in [5, 5.41) is 11.9. The van der Waals surface area contributed by atoms with Crippen molar-refractivity contribution < 1.29 is 26.9 Å². The summed E-state index contributed by atoms with van der Waals surface area (Å²) >= 11 is 0. The molecule has 4 rings (SSSR count). The molecule has 0 saturated carbocycles. The van der Waals surface area contributed by atoms with Gasteiger partial charge in [0.2, 0.25) is 0 Å². The van der Waals surface area contributed by atoms with E-state index in [0.29, 0.717) is 5.57 Å². The zero-order chi connectivity index (χ0) is 30.0. The number of hydrogen-bond acceptors (Lipinski definition) is 6. The van der Waals surface area contributed by atoms with Crippen LogP contribution < -0.4 is 16.1 Å². The third-order valence-corrected chi connectivity index (χ3v) is 14.2. The minimum absolute atomic E-state index is 0.0161. The van der Waals surface area contributed by atoms with Gasteiger partial charge in [-0.3, -0.25) is 4.18 Å². The van der Waals surface area contributed by atoms with E-state index in [2.05, 4.69) is 20.8 Å². The van der Waals surface area contributed by atoms with Crippen LogP contribution in [0.2, 0.25) is 5.04 Å². The molecule has 0 aromatic heterocycles. The molecule has 3 atom stereocenters. The third-order valence-electron chi connectivity index (χ3n) is 7.84. The fourth-order valence-corrected chi connectivity index (χ4v) is 11.6. The molecule has 1 aliphatic rings. The first-order valence-electron chi connectivity index (χ1n) is 13.8. The summed E-state index contributed by atoms with van der Waals surface area (Å²) in [7, 11) is -7.39. The van der Waals surface area contributed by atoms with Gasteiger partial charge in [0.05, 0.1) is 17.0 Å². The first-order valence-corrected chi connectivity index (χ1v) is 17.1. The van der Waals surface area contributed by atoms with Gasteiger partial charge in [0, 0.05) is 12.0 Å². The van der Waals surface area contributed by atoms with Crippen molar-refractivity contribution in [3.63, 3.8) is 0 Å². The molecule has 9 heteroatoms. The predicted molar refractivity (Wildman–Crippen MR) is 163 cm³/mol. The largest absolute Gasteiger partial charge is 0.478 e. The lowest BCUT2D eigenvalue weighted by Gasteiger charge is -2.48. The fraction of sp³-hybridized carbons (Fsp3) is 0.344. The molecule has 0 bridgehead atoms. The Morgan fingerprint density at radius 1 is 0.951 bits per heavy atom. The SMILES string of the molecule is CCC1=C(C(=O)O)C[C@@H](O[Si](c2ccccc2)(c2ccccc2)C(C)(C)C)[C@@H](N)[C@H]1OS(=O)(=O)c1ccc(C)cc1. The van der Waals surface area contributed by atoms with Gasteiger partial charge < -0.3 is 15.3 Å². The van der Waals surface area contributed by atoms with E-state index >= 15 is 0 Å². The average Bonchev–Trinajstić information content (AvgIpc) is 2.93. The van der Waals surface area contributed by atoms with Crippen molar-refractivity contribution in [3.05, 3.63) is 102 Å². The second kappa shape index (κ2) is 12.0. The highest BCUT2D eigenvalue weighted by atomic mass is 32.2. The molecule has 0 aliphatic heterocycles. The minimum atomic E-state index is -4.25. The van der Waals surface area contributed by atoms with Gasteiger partial charge in [0.1, 0.15) is 6.10 Å². The van der Waals surface area contributed by atoms with Gasteiger partial charge in [-0.2, -0.15) is 8.42 Å². The van der Waals surface area contributed by atoms with E-state index in [4.69, 9.17) is 14.3 Å². The number of hydrogen-bond donors (Lipinski definition) is 2. The van der Waals surface area contributed by atoms with E-state index in [9.17, 15) is 18.3 Å². The molecule has 3 N–H and O–H groups in total. The first kappa shape index (κ1) is 30.9. The number of carbonyl (C=O) groups is 1. The smallest absolute Gasteiger partial charge is 0.331 e. The predicted octanol–water partition coefficient (Wildman–Crippen LogP) is 4.54. The van der Waals surface area contributed by atoms with Crippen molar-refractivity contribution >= 4 is 34.8 Å². The molecule has 3 aromatic carbocycles. The van der Waals surface area contributed by atoms with Gasteiger partial charge in [-0.05, 0) is 46.5 Å². The van der Waals surface area contributed by atoms with Crippen LogP contribution in [-0.4, -0.2) is 46.1 Å². The molecule has 0 heterocycles. The summed E-state index contributed by atoms with van der Waals surface area (Å²) < 4.78 is 39.8. The Morgan fingerprint density at radius 3 is 1.90 bits per heavy atom. The molecule has 0 unspecified atom stereocenters. The fourth-order valence-electron chi connectivity index (χ4n) is 5.76. The summed E-state index contributed by atoms with van der Waals surface area (Å²) in [4.78, 5) is 12.5. The number of aliphatic carboxylic acids is 1. The molecule has 3 aromatic rings. The Balaban J connectivity index is 1.85. The van der Waals surface area contributed by atoms with E-state index in [0.717, 1.165) is 15.9 Å². The van der Waals surface area contributed by atoms with Crippen LogP contribution in [0.25, 0.3) is 0 Å². The lowest BCUT2D eigenvalue weighted by molar-refractivity contribution is -0.133. The van der Waals surface area contributed by atoms with E-state index < -0.39 is 47.7 Å². The minimum Gasteiger partial charge on any atom is -0.478 e. The molecule has 7 nitrogen and oxygen atoms in total. The Hall–Kier alpha value is -3.08. The number of rotatable bonds is 9. The lowest BCUT2D eigenvalue weighted by atomic mass is 9.83. The van der Waals surface area contributed by atoms with Crippen molar-refractivity contribution in [2.75, 3.05) is 0 Å². The van der Waals surface area contributed by atoms with Crippen LogP contribution >= 0.6 is 0 Å². The van der Waals surface area contributed by atoms with Crippen molar-refractivity contribution in [1.29, 1.82) is 0 Å². The van der Waals surface area contributed by atoms with Crippen LogP contribution in [0.4, 0.5) is 0 Å². The molecule has 1 aliphatic carbocycles. The summed E-state index contributed by atoms with van der Waals surface area (Å²) in [6, 6.07) is 25.3. The molecular formula is C32H39NO6SSi. The standard InChI is InChI=1S/C32H39NO6SSi/c1-6-26-27(31(34)35)21-28(29(33)30(26)38-40(36,37)23-19-17-22(2)18-20-23)39-41(32(3,4)5,24-13-9-7-10-14-24)25-15-11-8-12-16-25/h7-20,28-30H,6,21,33H2,1-5H3,(H,34,35)/t28-,29-,30+/m1/s1. The maximum atomic E-state index is 13.4. The number of carboxylic acid groups (broad SMARTS) is 1. The van der Waals surface area contributed by atoms with E-state index in [1.165, 1.54) is 12.1 Å². The van der Waals surface area contributed by atoms with E-state index in [1.807, 2.05) is 67.6 Å². The van der Waals surface area contributed by atoms with Crippen LogP contribution in [0.1, 0.15) is 46.1 Å². The maximum Gasteiger partial charge on any atom is 0.331 e. The van der Waals surface area contributed by atoms with Crippen LogP contribution in [0.15, 0.2) is 101 Å². The summed E-state index contributed by atoms with van der Waals surface area (Å²) in [5.41, 5.74) is 8.20. The Labute approximate surface area is 244 Å². The van der Waals surface area contributed by atoms with E-state index in [-0.39, 0.29) is 23.3 Å². The Morgan fingerprint density at radius 2 is 1.46 bits per heavy atom. The topological polar surface area (TPSA) is 116 Å². The molecule has 0 spiro atoms. The quantitative estimate of drug-likeness (QED) is 0.277. The average molecular weight is 594 g/mol. The Kier molecular flexibility index (Phi) is 9.06. The lowest BCUT2D eigenvalue weighted by Crippen LogP contribution is -2.70. The summed E-state index contributed by atoms with van der Waals surface area (Å²) in [5.74, 6) is -1.13. The number of aryl methyl sites for hydroxylation is 1. The second-order valence-corrected chi connectivity index (χ2v) is 17.4. The van der Waals surface area contributed by atoms with Crippen LogP contribution in [0.3, 0.4) is 0 Å². The van der Waals surface area contributed by atoms with Gasteiger partial charge in [-0.1, -0.05) is 106 Å². The highest BCUT2D eigenvalue weighted by molar-refractivity contribution is 7.86. The number of nitrogens with two attached hydrogens (primary N) is 1. The van der Waals surface area contributed by atoms with Crippen LogP contribution in [0.5, 0.6) is 0 Å². The second-order valence-electron chi connectivity index (χ2n) is 11.5. The van der Waals surface area contributed by atoms with Crippen molar-refractivity contribution in [3.8, 4) is 0 Å². The normalized spacial score (nSPS) is 20.2. The third kappa shape index (κ3) is 6.10. The van der Waals surface area contributed by atoms with E-state index in [1.54, 1.807) is 19.1 Å². The van der Waals surface area contributed by atoms with Crippen molar-refractivity contribution in [2.45, 2.75) is 75.6 Å². The van der Waals surface area contributed by atoms with Gasteiger partial charge >= 0.3 is 5.97 Å². The molecule has 41 heavy (non-hydrogen) atoms. The van der Waals surface area contributed by atoms with Crippen LogP contribution in [-0.2, 0) is 23.5 Å². The highest BCUT2D eigenvalue weighted by Crippen LogP contribution is 2.41.